The van der Waals surface area contributed by atoms with Gasteiger partial charge >= 0.3 is 0 Å². The molecule has 0 fully saturated rings. The maximum absolute atomic E-state index is 11.7. The molecule has 0 bridgehead atoms. The van der Waals surface area contributed by atoms with E-state index in [1.807, 2.05) is 6.92 Å². The van der Waals surface area contributed by atoms with Gasteiger partial charge in [-0.05, 0) is 13.3 Å². The second-order valence-electron chi connectivity index (χ2n) is 3.67. The highest BCUT2D eigenvalue weighted by molar-refractivity contribution is 5.94. The predicted octanol–water partition coefficient (Wildman–Crippen LogP) is -0.378. The minimum atomic E-state index is -0.611. The van der Waals surface area contributed by atoms with Gasteiger partial charge in [0.15, 0.2) is 0 Å². The standard InChI is InChI=1S/C10H17N5O2/c1-4-5-7-13-8(15-14-7)10(17)12-6(2)9(16)11-3/h6H,4-5H2,1-3H3,(H,11,16)(H,12,17)(H,13,14,15). The van der Waals surface area contributed by atoms with Gasteiger partial charge in [0.1, 0.15) is 11.9 Å². The van der Waals surface area contributed by atoms with Crippen LogP contribution in [0.2, 0.25) is 0 Å². The zero-order valence-electron chi connectivity index (χ0n) is 10.2. The van der Waals surface area contributed by atoms with Gasteiger partial charge in [0.25, 0.3) is 5.91 Å². The molecule has 1 unspecified atom stereocenters. The number of H-pyrrole nitrogens is 1. The maximum Gasteiger partial charge on any atom is 0.291 e. The highest BCUT2D eigenvalue weighted by atomic mass is 16.2. The molecule has 2 amide bonds. The molecule has 3 N–H and O–H groups in total. The van der Waals surface area contributed by atoms with Crippen LogP contribution in [0.1, 0.15) is 36.7 Å². The summed E-state index contributed by atoms with van der Waals surface area (Å²) < 4.78 is 0. The average molecular weight is 239 g/mol. The number of rotatable bonds is 5. The Bertz CT molecular complexity index is 401. The molecule has 0 aromatic carbocycles. The predicted molar refractivity (Wildman–Crippen MR) is 61.4 cm³/mol. The molecule has 94 valence electrons. The van der Waals surface area contributed by atoms with Gasteiger partial charge in [-0.3, -0.25) is 14.7 Å². The number of hydrogen-bond donors (Lipinski definition) is 3. The molecule has 0 aliphatic rings. The molecule has 0 spiro atoms. The summed E-state index contributed by atoms with van der Waals surface area (Å²) in [4.78, 5) is 26.9. The van der Waals surface area contributed by atoms with Gasteiger partial charge < -0.3 is 10.6 Å². The lowest BCUT2D eigenvalue weighted by molar-refractivity contribution is -0.122. The largest absolute Gasteiger partial charge is 0.357 e. The van der Waals surface area contributed by atoms with E-state index in [2.05, 4.69) is 25.8 Å². The summed E-state index contributed by atoms with van der Waals surface area (Å²) in [6.45, 7) is 3.60. The molecule has 0 aliphatic carbocycles. The summed E-state index contributed by atoms with van der Waals surface area (Å²) in [5.41, 5.74) is 0. The van der Waals surface area contributed by atoms with E-state index in [0.29, 0.717) is 5.82 Å². The van der Waals surface area contributed by atoms with Crippen LogP contribution in [0.5, 0.6) is 0 Å². The maximum atomic E-state index is 11.7. The number of likely N-dealkylation sites (N-methyl/N-ethyl adjacent to an activating group) is 1. The zero-order valence-corrected chi connectivity index (χ0v) is 10.2. The quantitative estimate of drug-likeness (QED) is 0.652. The molecule has 0 saturated carbocycles. The smallest absolute Gasteiger partial charge is 0.291 e. The molecule has 0 radical (unpaired) electrons. The number of hydrogen-bond acceptors (Lipinski definition) is 4. The molecule has 1 aromatic rings. The van der Waals surface area contributed by atoms with E-state index in [1.165, 1.54) is 7.05 Å². The van der Waals surface area contributed by atoms with Crippen molar-refractivity contribution in [1.29, 1.82) is 0 Å². The second kappa shape index (κ2) is 5.97. The summed E-state index contributed by atoms with van der Waals surface area (Å²) >= 11 is 0. The van der Waals surface area contributed by atoms with E-state index in [0.717, 1.165) is 12.8 Å². The summed E-state index contributed by atoms with van der Waals surface area (Å²) in [6.07, 6.45) is 1.66. The fourth-order valence-corrected chi connectivity index (χ4v) is 1.29. The molecular formula is C10H17N5O2. The van der Waals surface area contributed by atoms with Crippen molar-refractivity contribution in [3.8, 4) is 0 Å². The van der Waals surface area contributed by atoms with Crippen LogP contribution in [-0.2, 0) is 11.2 Å². The highest BCUT2D eigenvalue weighted by Crippen LogP contribution is 1.97. The van der Waals surface area contributed by atoms with Crippen LogP contribution >= 0.6 is 0 Å². The van der Waals surface area contributed by atoms with Gasteiger partial charge in [-0.25, -0.2) is 4.98 Å². The summed E-state index contributed by atoms with van der Waals surface area (Å²) in [6, 6.07) is -0.611. The first-order valence-electron chi connectivity index (χ1n) is 5.52. The first-order chi connectivity index (χ1) is 8.08. The lowest BCUT2D eigenvalue weighted by Gasteiger charge is -2.10. The van der Waals surface area contributed by atoms with Gasteiger partial charge in [-0.1, -0.05) is 6.92 Å². The minimum Gasteiger partial charge on any atom is -0.357 e. The number of carbonyl (C=O) groups is 2. The normalized spacial score (nSPS) is 11.9. The summed E-state index contributed by atoms with van der Waals surface area (Å²) in [5.74, 6) is 0.0109. The zero-order chi connectivity index (χ0) is 12.8. The number of nitrogens with one attached hydrogen (secondary N) is 3. The van der Waals surface area contributed by atoms with E-state index in [-0.39, 0.29) is 11.7 Å². The Morgan fingerprint density at radius 1 is 1.47 bits per heavy atom. The molecule has 1 aromatic heterocycles. The lowest BCUT2D eigenvalue weighted by Crippen LogP contribution is -2.43. The topological polar surface area (TPSA) is 99.8 Å². The van der Waals surface area contributed by atoms with Crippen molar-refractivity contribution in [2.24, 2.45) is 0 Å². The van der Waals surface area contributed by atoms with E-state index in [1.54, 1.807) is 6.92 Å². The van der Waals surface area contributed by atoms with Crippen LogP contribution in [0.25, 0.3) is 0 Å². The first-order valence-corrected chi connectivity index (χ1v) is 5.52. The Balaban J connectivity index is 2.60. The number of aryl methyl sites for hydroxylation is 1. The SMILES string of the molecule is CCCc1nc(C(=O)NC(C)C(=O)NC)n[nH]1. The Morgan fingerprint density at radius 2 is 2.18 bits per heavy atom. The van der Waals surface area contributed by atoms with Crippen LogP contribution in [0, 0.1) is 0 Å². The van der Waals surface area contributed by atoms with Crippen LogP contribution < -0.4 is 10.6 Å². The van der Waals surface area contributed by atoms with Gasteiger partial charge in [0.2, 0.25) is 11.7 Å². The molecular weight excluding hydrogens is 222 g/mol. The summed E-state index contributed by atoms with van der Waals surface area (Å²) in [5, 5.41) is 11.4. The second-order valence-corrected chi connectivity index (χ2v) is 3.67. The van der Waals surface area contributed by atoms with Gasteiger partial charge in [-0.15, -0.1) is 5.10 Å². The first kappa shape index (κ1) is 13.1. The molecule has 7 heteroatoms. The molecule has 1 heterocycles. The number of carbonyl (C=O) groups excluding carboxylic acids is 2. The summed E-state index contributed by atoms with van der Waals surface area (Å²) in [7, 11) is 1.51. The highest BCUT2D eigenvalue weighted by Gasteiger charge is 2.18. The Kier molecular flexibility index (Phi) is 4.62. The van der Waals surface area contributed by atoms with Gasteiger partial charge in [-0.2, -0.15) is 0 Å². The van der Waals surface area contributed by atoms with Crippen LogP contribution in [0.4, 0.5) is 0 Å². The van der Waals surface area contributed by atoms with Gasteiger partial charge in [0, 0.05) is 13.5 Å². The average Bonchev–Trinajstić information content (AvgIpc) is 2.77. The van der Waals surface area contributed by atoms with Crippen LogP contribution in [-0.4, -0.2) is 40.1 Å². The molecule has 7 nitrogen and oxygen atoms in total. The fraction of sp³-hybridized carbons (Fsp3) is 0.600. The van der Waals surface area contributed by atoms with Crippen molar-refractivity contribution < 1.29 is 9.59 Å². The van der Waals surface area contributed by atoms with Crippen molar-refractivity contribution in [2.75, 3.05) is 7.05 Å². The third-order valence-corrected chi connectivity index (χ3v) is 2.21. The van der Waals surface area contributed by atoms with Crippen LogP contribution in [0.15, 0.2) is 0 Å². The van der Waals surface area contributed by atoms with Crippen molar-refractivity contribution in [3.63, 3.8) is 0 Å². The number of aromatic amines is 1. The third kappa shape index (κ3) is 3.54. The molecule has 1 atom stereocenters. The number of amides is 2. The van der Waals surface area contributed by atoms with E-state index in [4.69, 9.17) is 0 Å². The van der Waals surface area contributed by atoms with Crippen molar-refractivity contribution in [1.82, 2.24) is 25.8 Å². The van der Waals surface area contributed by atoms with E-state index < -0.39 is 11.9 Å². The third-order valence-electron chi connectivity index (χ3n) is 2.21. The minimum absolute atomic E-state index is 0.0594. The van der Waals surface area contributed by atoms with E-state index in [9.17, 15) is 9.59 Å². The Morgan fingerprint density at radius 3 is 2.76 bits per heavy atom. The lowest BCUT2D eigenvalue weighted by atomic mass is 10.3. The van der Waals surface area contributed by atoms with Crippen LogP contribution in [0.3, 0.4) is 0 Å². The molecule has 17 heavy (non-hydrogen) atoms. The van der Waals surface area contributed by atoms with E-state index >= 15 is 0 Å². The van der Waals surface area contributed by atoms with Crippen molar-refractivity contribution >= 4 is 11.8 Å². The molecule has 0 saturated heterocycles. The number of aromatic nitrogens is 3. The Labute approximate surface area is 99.4 Å². The fourth-order valence-electron chi connectivity index (χ4n) is 1.29. The molecule has 0 aliphatic heterocycles. The van der Waals surface area contributed by atoms with Gasteiger partial charge in [0.05, 0.1) is 0 Å². The van der Waals surface area contributed by atoms with Crippen molar-refractivity contribution in [2.45, 2.75) is 32.7 Å². The number of nitrogens with zero attached hydrogens (tertiary/aromatic N) is 2. The Hall–Kier alpha value is -1.92. The monoisotopic (exact) mass is 239 g/mol. The van der Waals surface area contributed by atoms with Crippen molar-refractivity contribution in [3.05, 3.63) is 11.6 Å². The molecule has 1 rings (SSSR count).